The van der Waals surface area contributed by atoms with Gasteiger partial charge >= 0.3 is 0 Å². The van der Waals surface area contributed by atoms with Crippen molar-refractivity contribution in [1.29, 1.82) is 0 Å². The number of imidazole rings is 1. The van der Waals surface area contributed by atoms with Gasteiger partial charge in [-0.15, -0.1) is 0 Å². The molecule has 0 aliphatic heterocycles. The van der Waals surface area contributed by atoms with E-state index in [0.717, 1.165) is 5.69 Å². The normalized spacial score (nSPS) is 15.7. The molecule has 3 rings (SSSR count). The third kappa shape index (κ3) is 2.20. The zero-order chi connectivity index (χ0) is 11.8. The van der Waals surface area contributed by atoms with Crippen molar-refractivity contribution in [3.05, 3.63) is 24.2 Å². The molecule has 4 nitrogen and oxygen atoms in total. The molecule has 2 aromatic heterocycles. The third-order valence-corrected chi connectivity index (χ3v) is 2.69. The van der Waals surface area contributed by atoms with Crippen molar-refractivity contribution < 1.29 is 13.5 Å². The summed E-state index contributed by atoms with van der Waals surface area (Å²) < 4.78 is 30.5. The average Bonchev–Trinajstić information content (AvgIpc) is 3.06. The summed E-state index contributed by atoms with van der Waals surface area (Å²) in [6, 6.07) is 1.63. The molecule has 0 spiro atoms. The Balaban J connectivity index is 1.84. The van der Waals surface area contributed by atoms with Crippen LogP contribution in [0.15, 0.2) is 18.5 Å². The van der Waals surface area contributed by atoms with Gasteiger partial charge in [-0.2, -0.15) is 5.10 Å². The van der Waals surface area contributed by atoms with Gasteiger partial charge in [-0.3, -0.25) is 0 Å². The lowest BCUT2D eigenvalue weighted by Gasteiger charge is -2.04. The van der Waals surface area contributed by atoms with Gasteiger partial charge in [-0.05, 0) is 12.8 Å². The second kappa shape index (κ2) is 3.94. The van der Waals surface area contributed by atoms with Gasteiger partial charge in [0.15, 0.2) is 5.65 Å². The van der Waals surface area contributed by atoms with E-state index in [1.807, 2.05) is 6.20 Å². The van der Waals surface area contributed by atoms with Gasteiger partial charge < -0.3 is 4.74 Å². The van der Waals surface area contributed by atoms with Crippen LogP contribution in [-0.2, 0) is 0 Å². The van der Waals surface area contributed by atoms with Crippen LogP contribution in [0.25, 0.3) is 5.65 Å². The standard InChI is InChI=1S/C11H11F2N3O/c12-10(13)6-17-8-3-11-15-9(7-1-2-7)5-16(11)14-4-8/h3-5,7,10H,1-2,6H2. The number of hydrogen-bond acceptors (Lipinski definition) is 3. The molecule has 0 saturated heterocycles. The minimum absolute atomic E-state index is 0.325. The summed E-state index contributed by atoms with van der Waals surface area (Å²) in [4.78, 5) is 4.40. The van der Waals surface area contributed by atoms with Crippen LogP contribution in [0.2, 0.25) is 0 Å². The lowest BCUT2D eigenvalue weighted by molar-refractivity contribution is 0.0817. The Morgan fingerprint density at radius 2 is 2.29 bits per heavy atom. The molecule has 0 aromatic carbocycles. The van der Waals surface area contributed by atoms with Crippen molar-refractivity contribution in [2.45, 2.75) is 25.2 Å². The Kier molecular flexibility index (Phi) is 2.42. The van der Waals surface area contributed by atoms with Gasteiger partial charge in [0.2, 0.25) is 0 Å². The van der Waals surface area contributed by atoms with Crippen molar-refractivity contribution in [1.82, 2.24) is 14.6 Å². The number of alkyl halides is 2. The fourth-order valence-electron chi connectivity index (χ4n) is 1.69. The summed E-state index contributed by atoms with van der Waals surface area (Å²) in [6.45, 7) is -0.617. The van der Waals surface area contributed by atoms with Crippen LogP contribution >= 0.6 is 0 Å². The van der Waals surface area contributed by atoms with E-state index in [-0.39, 0.29) is 0 Å². The largest absolute Gasteiger partial charge is 0.486 e. The average molecular weight is 239 g/mol. The van der Waals surface area contributed by atoms with Crippen molar-refractivity contribution in [2.75, 3.05) is 6.61 Å². The van der Waals surface area contributed by atoms with E-state index in [2.05, 4.69) is 10.1 Å². The van der Waals surface area contributed by atoms with Crippen molar-refractivity contribution in [3.63, 3.8) is 0 Å². The molecule has 1 aliphatic rings. The highest BCUT2D eigenvalue weighted by Crippen LogP contribution is 2.39. The summed E-state index contributed by atoms with van der Waals surface area (Å²) in [6.07, 6.45) is 3.16. The number of fused-ring (bicyclic) bond motifs is 1. The van der Waals surface area contributed by atoms with E-state index in [9.17, 15) is 8.78 Å². The van der Waals surface area contributed by atoms with Crippen LogP contribution in [0.3, 0.4) is 0 Å². The molecule has 0 unspecified atom stereocenters. The minimum Gasteiger partial charge on any atom is -0.486 e. The molecule has 0 radical (unpaired) electrons. The minimum atomic E-state index is -2.48. The zero-order valence-corrected chi connectivity index (χ0v) is 9.01. The smallest absolute Gasteiger partial charge is 0.272 e. The number of ether oxygens (including phenoxy) is 1. The molecule has 6 heteroatoms. The molecule has 2 aromatic rings. The SMILES string of the molecule is FC(F)COc1cnn2cc(C3CC3)nc2c1. The Labute approximate surface area is 96.2 Å². The van der Waals surface area contributed by atoms with E-state index in [0.29, 0.717) is 17.3 Å². The summed E-state index contributed by atoms with van der Waals surface area (Å²) in [7, 11) is 0. The van der Waals surface area contributed by atoms with Crippen LogP contribution in [0.4, 0.5) is 8.78 Å². The highest BCUT2D eigenvalue weighted by molar-refractivity contribution is 5.44. The van der Waals surface area contributed by atoms with E-state index in [1.54, 1.807) is 10.6 Å². The summed E-state index contributed by atoms with van der Waals surface area (Å²) in [5.41, 5.74) is 1.65. The van der Waals surface area contributed by atoms with E-state index in [4.69, 9.17) is 4.74 Å². The molecule has 0 bridgehead atoms. The van der Waals surface area contributed by atoms with E-state index < -0.39 is 13.0 Å². The molecule has 17 heavy (non-hydrogen) atoms. The molecule has 0 atom stereocenters. The second-order valence-corrected chi connectivity index (χ2v) is 4.14. The van der Waals surface area contributed by atoms with Gasteiger partial charge in [-0.1, -0.05) is 0 Å². The summed E-state index contributed by atoms with van der Waals surface area (Å²) in [5, 5.41) is 4.07. The quantitative estimate of drug-likeness (QED) is 0.821. The maximum absolute atomic E-state index is 12.0. The van der Waals surface area contributed by atoms with Gasteiger partial charge in [-0.25, -0.2) is 18.3 Å². The fraction of sp³-hybridized carbons (Fsp3) is 0.455. The highest BCUT2D eigenvalue weighted by Gasteiger charge is 2.26. The molecule has 1 saturated carbocycles. The van der Waals surface area contributed by atoms with Crippen molar-refractivity contribution in [3.8, 4) is 5.75 Å². The number of hydrogen-bond donors (Lipinski definition) is 0. The predicted octanol–water partition coefficient (Wildman–Crippen LogP) is 2.25. The molecule has 2 heterocycles. The van der Waals surface area contributed by atoms with Crippen LogP contribution < -0.4 is 4.74 Å². The van der Waals surface area contributed by atoms with Crippen LogP contribution in [0, 0.1) is 0 Å². The van der Waals surface area contributed by atoms with Crippen molar-refractivity contribution in [2.24, 2.45) is 0 Å². The first-order valence-electron chi connectivity index (χ1n) is 5.48. The van der Waals surface area contributed by atoms with Crippen LogP contribution in [-0.4, -0.2) is 27.6 Å². The Morgan fingerprint density at radius 1 is 1.47 bits per heavy atom. The molecular weight excluding hydrogens is 228 g/mol. The molecule has 90 valence electrons. The second-order valence-electron chi connectivity index (χ2n) is 4.14. The monoisotopic (exact) mass is 239 g/mol. The van der Waals surface area contributed by atoms with Gasteiger partial charge in [0.1, 0.15) is 12.4 Å². The maximum Gasteiger partial charge on any atom is 0.272 e. The Hall–Kier alpha value is -1.72. The predicted molar refractivity (Wildman–Crippen MR) is 56.5 cm³/mol. The number of halogens is 2. The van der Waals surface area contributed by atoms with Gasteiger partial charge in [0, 0.05) is 12.0 Å². The lowest BCUT2D eigenvalue weighted by Crippen LogP contribution is -2.07. The van der Waals surface area contributed by atoms with Crippen LogP contribution in [0.1, 0.15) is 24.5 Å². The molecular formula is C11H11F2N3O. The van der Waals surface area contributed by atoms with E-state index >= 15 is 0 Å². The Morgan fingerprint density at radius 3 is 3.00 bits per heavy atom. The molecule has 0 N–H and O–H groups in total. The van der Waals surface area contributed by atoms with Crippen LogP contribution in [0.5, 0.6) is 5.75 Å². The topological polar surface area (TPSA) is 39.4 Å². The van der Waals surface area contributed by atoms with Crippen molar-refractivity contribution >= 4 is 5.65 Å². The summed E-state index contributed by atoms with van der Waals surface area (Å²) >= 11 is 0. The van der Waals surface area contributed by atoms with Gasteiger partial charge in [0.05, 0.1) is 18.1 Å². The summed E-state index contributed by atoms with van der Waals surface area (Å²) in [5.74, 6) is 0.868. The molecule has 1 fully saturated rings. The molecule has 1 aliphatic carbocycles. The first-order chi connectivity index (χ1) is 8.22. The number of nitrogens with zero attached hydrogens (tertiary/aromatic N) is 3. The lowest BCUT2D eigenvalue weighted by atomic mass is 10.3. The van der Waals surface area contributed by atoms with Gasteiger partial charge in [0.25, 0.3) is 6.43 Å². The first-order valence-corrected chi connectivity index (χ1v) is 5.48. The molecule has 0 amide bonds. The first kappa shape index (κ1) is 10.4. The fourth-order valence-corrected chi connectivity index (χ4v) is 1.69. The van der Waals surface area contributed by atoms with E-state index in [1.165, 1.54) is 19.0 Å². The zero-order valence-electron chi connectivity index (χ0n) is 9.01. The third-order valence-electron chi connectivity index (χ3n) is 2.69. The number of aromatic nitrogens is 3. The number of rotatable bonds is 4. The Bertz CT molecular complexity index is 536. The highest BCUT2D eigenvalue weighted by atomic mass is 19.3. The maximum atomic E-state index is 12.0.